The Hall–Kier alpha value is -2.41. The third kappa shape index (κ3) is 5.15. The molecule has 29 heavy (non-hydrogen) atoms. The second kappa shape index (κ2) is 8.53. The number of rotatable bonds is 6. The van der Waals surface area contributed by atoms with Crippen molar-refractivity contribution in [1.29, 1.82) is 0 Å². The smallest absolute Gasteiger partial charge is 0.231 e. The van der Waals surface area contributed by atoms with Gasteiger partial charge in [-0.2, -0.15) is 0 Å². The van der Waals surface area contributed by atoms with Crippen LogP contribution in [0.2, 0.25) is 5.02 Å². The number of H-pyrrole nitrogens is 1. The number of aliphatic hydroxyl groups is 1. The van der Waals surface area contributed by atoms with Crippen LogP contribution in [0.3, 0.4) is 0 Å². The highest BCUT2D eigenvalue weighted by Crippen LogP contribution is 2.30. The third-order valence-corrected chi connectivity index (χ3v) is 4.84. The van der Waals surface area contributed by atoms with Crippen LogP contribution in [0.15, 0.2) is 48.7 Å². The Morgan fingerprint density at radius 1 is 1.24 bits per heavy atom. The van der Waals surface area contributed by atoms with Gasteiger partial charge in [0.2, 0.25) is 5.91 Å². The summed E-state index contributed by atoms with van der Waals surface area (Å²) in [7, 11) is 0. The molecule has 4 N–H and O–H groups in total. The first-order valence-corrected chi connectivity index (χ1v) is 9.77. The van der Waals surface area contributed by atoms with Gasteiger partial charge in [-0.25, -0.2) is 4.39 Å². The fourth-order valence-electron chi connectivity index (χ4n) is 3.29. The summed E-state index contributed by atoms with van der Waals surface area (Å²) in [4.78, 5) is 16.2. The Kier molecular flexibility index (Phi) is 6.27. The maximum Gasteiger partial charge on any atom is 0.231 e. The first-order chi connectivity index (χ1) is 13.7. The number of amides is 1. The normalized spacial score (nSPS) is 14.0. The number of hydrogen-bond acceptors (Lipinski definition) is 3. The Labute approximate surface area is 174 Å². The van der Waals surface area contributed by atoms with Gasteiger partial charge in [0, 0.05) is 39.8 Å². The summed E-state index contributed by atoms with van der Waals surface area (Å²) in [5.41, 5.74) is 1.36. The fourth-order valence-corrected chi connectivity index (χ4v) is 3.47. The monoisotopic (exact) mass is 417 g/mol. The Bertz CT molecular complexity index is 1010. The van der Waals surface area contributed by atoms with E-state index in [1.165, 1.54) is 6.07 Å². The van der Waals surface area contributed by atoms with E-state index in [4.69, 9.17) is 11.6 Å². The van der Waals surface area contributed by atoms with Crippen LogP contribution in [0.25, 0.3) is 10.9 Å². The molecule has 2 aromatic carbocycles. The molecule has 3 aromatic rings. The maximum absolute atomic E-state index is 13.9. The molecule has 5 nitrogen and oxygen atoms in total. The number of carbonyl (C=O) groups is 1. The van der Waals surface area contributed by atoms with Crippen LogP contribution >= 0.6 is 11.6 Å². The maximum atomic E-state index is 13.9. The van der Waals surface area contributed by atoms with Crippen molar-refractivity contribution in [2.75, 3.05) is 0 Å². The number of carbonyl (C=O) groups excluding carboxylic acids is 1. The average molecular weight is 418 g/mol. The van der Waals surface area contributed by atoms with Crippen LogP contribution in [-0.2, 0) is 11.3 Å². The van der Waals surface area contributed by atoms with Crippen molar-refractivity contribution in [3.8, 4) is 0 Å². The molecule has 0 radical (unpaired) electrons. The molecule has 1 heterocycles. The number of aromatic amines is 1. The summed E-state index contributed by atoms with van der Waals surface area (Å²) in [6, 6.07) is 11.6. The molecule has 2 atom stereocenters. The minimum absolute atomic E-state index is 0.0262. The second-order valence-electron chi connectivity index (χ2n) is 8.06. The molecule has 0 spiro atoms. The number of nitrogens with one attached hydrogen (secondary N) is 3. The highest BCUT2D eigenvalue weighted by Gasteiger charge is 2.33. The molecule has 0 aliphatic heterocycles. The summed E-state index contributed by atoms with van der Waals surface area (Å²) in [6.45, 7) is 5.73. The number of fused-ring (bicyclic) bond motifs is 1. The van der Waals surface area contributed by atoms with Crippen LogP contribution < -0.4 is 10.6 Å². The predicted octanol–water partition coefficient (Wildman–Crippen LogP) is 4.07. The molecule has 0 aliphatic carbocycles. The summed E-state index contributed by atoms with van der Waals surface area (Å²) >= 11 is 6.06. The highest BCUT2D eigenvalue weighted by atomic mass is 35.5. The zero-order valence-corrected chi connectivity index (χ0v) is 17.3. The molecule has 7 heteroatoms. The van der Waals surface area contributed by atoms with Gasteiger partial charge in [0.15, 0.2) is 0 Å². The number of hydrogen-bond donors (Lipinski definition) is 4. The van der Waals surface area contributed by atoms with E-state index in [0.29, 0.717) is 16.1 Å². The summed E-state index contributed by atoms with van der Waals surface area (Å²) < 4.78 is 13.9. The Balaban J connectivity index is 1.91. The molecule has 154 valence electrons. The predicted molar refractivity (Wildman–Crippen MR) is 113 cm³/mol. The molecule has 0 bridgehead atoms. The van der Waals surface area contributed by atoms with Gasteiger partial charge in [-0.15, -0.1) is 0 Å². The Morgan fingerprint density at radius 2 is 1.97 bits per heavy atom. The first-order valence-electron chi connectivity index (χ1n) is 9.39. The molecule has 0 saturated heterocycles. The van der Waals surface area contributed by atoms with E-state index in [-0.39, 0.29) is 12.4 Å². The lowest BCUT2D eigenvalue weighted by molar-refractivity contribution is -0.126. The zero-order chi connectivity index (χ0) is 21.2. The number of aliphatic hydroxyl groups excluding tert-OH is 1. The lowest BCUT2D eigenvalue weighted by Crippen LogP contribution is -2.50. The van der Waals surface area contributed by atoms with Crippen LogP contribution in [0.1, 0.15) is 37.8 Å². The Morgan fingerprint density at radius 3 is 2.66 bits per heavy atom. The minimum atomic E-state index is -1.15. The molecular formula is C22H25ClFN3O2. The van der Waals surface area contributed by atoms with Crippen molar-refractivity contribution in [3.63, 3.8) is 0 Å². The van der Waals surface area contributed by atoms with E-state index in [2.05, 4.69) is 15.6 Å². The zero-order valence-electron chi connectivity index (χ0n) is 16.6. The quantitative estimate of drug-likeness (QED) is 0.457. The number of benzene rings is 2. The van der Waals surface area contributed by atoms with Crippen molar-refractivity contribution < 1.29 is 14.3 Å². The molecule has 0 saturated carbocycles. The van der Waals surface area contributed by atoms with Crippen molar-refractivity contribution in [2.24, 2.45) is 0 Å². The SMILES string of the molecule is CC(C)(C)NC(O)C(C(=O)NCc1ccccc1F)c1c[nH]c2cc(Cl)ccc12. The summed E-state index contributed by atoms with van der Waals surface area (Å²) in [6.07, 6.45) is 0.548. The van der Waals surface area contributed by atoms with E-state index >= 15 is 0 Å². The second-order valence-corrected chi connectivity index (χ2v) is 8.50. The third-order valence-electron chi connectivity index (χ3n) is 4.60. The van der Waals surface area contributed by atoms with E-state index in [1.54, 1.807) is 36.5 Å². The molecule has 0 fully saturated rings. The van der Waals surface area contributed by atoms with Gasteiger partial charge in [0.1, 0.15) is 18.0 Å². The van der Waals surface area contributed by atoms with Crippen molar-refractivity contribution >= 4 is 28.4 Å². The van der Waals surface area contributed by atoms with Gasteiger partial charge in [0.05, 0.1) is 0 Å². The lowest BCUT2D eigenvalue weighted by atomic mass is 9.94. The first kappa shape index (κ1) is 21.3. The number of aromatic nitrogens is 1. The van der Waals surface area contributed by atoms with Gasteiger partial charge < -0.3 is 15.4 Å². The van der Waals surface area contributed by atoms with Crippen LogP contribution in [0.4, 0.5) is 4.39 Å². The standard InChI is InChI=1S/C22H25ClFN3O2/c1-22(2,3)27-21(29)19(16-12-25-18-10-14(23)8-9-15(16)18)20(28)26-11-13-6-4-5-7-17(13)24/h4-10,12,19,21,25,27,29H,11H2,1-3H3,(H,26,28). The van der Waals surface area contributed by atoms with E-state index in [0.717, 1.165) is 10.9 Å². The van der Waals surface area contributed by atoms with Crippen molar-refractivity contribution in [1.82, 2.24) is 15.6 Å². The van der Waals surface area contributed by atoms with Crippen molar-refractivity contribution in [2.45, 2.75) is 45.0 Å². The molecular weight excluding hydrogens is 393 g/mol. The highest BCUT2D eigenvalue weighted by molar-refractivity contribution is 6.31. The number of halogens is 2. The average Bonchev–Trinajstić information content (AvgIpc) is 3.02. The lowest BCUT2D eigenvalue weighted by Gasteiger charge is -2.30. The van der Waals surface area contributed by atoms with Crippen LogP contribution in [0.5, 0.6) is 0 Å². The molecule has 1 aromatic heterocycles. The topological polar surface area (TPSA) is 77.2 Å². The summed E-state index contributed by atoms with van der Waals surface area (Å²) in [5.74, 6) is -1.70. The van der Waals surface area contributed by atoms with Crippen LogP contribution in [0, 0.1) is 5.82 Å². The van der Waals surface area contributed by atoms with E-state index in [9.17, 15) is 14.3 Å². The van der Waals surface area contributed by atoms with Gasteiger partial charge in [-0.05, 0) is 44.5 Å². The van der Waals surface area contributed by atoms with E-state index in [1.807, 2.05) is 26.8 Å². The van der Waals surface area contributed by atoms with Gasteiger partial charge in [-0.1, -0.05) is 35.9 Å². The molecule has 2 unspecified atom stereocenters. The fraction of sp³-hybridized carbons (Fsp3) is 0.318. The van der Waals surface area contributed by atoms with E-state index < -0.39 is 23.6 Å². The summed E-state index contributed by atoms with van der Waals surface area (Å²) in [5, 5.41) is 18.0. The van der Waals surface area contributed by atoms with Gasteiger partial charge >= 0.3 is 0 Å². The van der Waals surface area contributed by atoms with Crippen molar-refractivity contribution in [3.05, 3.63) is 70.6 Å². The van der Waals surface area contributed by atoms with Gasteiger partial charge in [0.25, 0.3) is 0 Å². The van der Waals surface area contributed by atoms with Crippen LogP contribution in [-0.4, -0.2) is 27.8 Å². The minimum Gasteiger partial charge on any atom is -0.377 e. The molecule has 0 aliphatic rings. The molecule has 3 rings (SSSR count). The largest absolute Gasteiger partial charge is 0.377 e. The van der Waals surface area contributed by atoms with Gasteiger partial charge in [-0.3, -0.25) is 10.1 Å². The molecule has 1 amide bonds.